The Hall–Kier alpha value is -1.52. The average Bonchev–Trinajstić information content (AvgIpc) is 2.93. The normalized spacial score (nSPS) is 44.4. The highest BCUT2D eigenvalue weighted by Gasteiger charge is 2.71. The molecule has 3 rings (SSSR count). The van der Waals surface area contributed by atoms with Gasteiger partial charge in [-0.1, -0.05) is 6.58 Å². The van der Waals surface area contributed by atoms with E-state index in [-0.39, 0.29) is 0 Å². The number of ether oxygens (including phenoxy) is 4. The van der Waals surface area contributed by atoms with Gasteiger partial charge in [0.2, 0.25) is 0 Å². The largest absolute Gasteiger partial charge is 0.390 e. The van der Waals surface area contributed by atoms with E-state index in [1.54, 1.807) is 0 Å². The van der Waals surface area contributed by atoms with Crippen molar-refractivity contribution in [1.82, 2.24) is 10.2 Å². The number of nitrogens with zero attached hydrogens (tertiary/aromatic N) is 1. The van der Waals surface area contributed by atoms with Crippen LogP contribution in [0.15, 0.2) is 24.6 Å². The van der Waals surface area contributed by atoms with Gasteiger partial charge in [-0.15, -0.1) is 0 Å². The van der Waals surface area contributed by atoms with Crippen molar-refractivity contribution in [2.45, 2.75) is 37.2 Å². The maximum Gasteiger partial charge on any atom is 0.328 e. The van der Waals surface area contributed by atoms with Crippen LogP contribution in [0.25, 0.3) is 0 Å². The molecular weight excluding hydrogens is 299 g/mol. The SMILES string of the molecule is C=C1C=CN([C@@H]2O[C@](F)(CO)[C@H]3OC(OC)O[C@@]23C)C(=O)N1. The van der Waals surface area contributed by atoms with Gasteiger partial charge in [0.05, 0.1) is 0 Å². The molecule has 0 aromatic heterocycles. The molecule has 1 unspecified atom stereocenters. The molecule has 3 heterocycles. The predicted octanol–water partition coefficient (Wildman–Crippen LogP) is 0.158. The molecule has 2 saturated heterocycles. The number of carbonyl (C=O) groups is 1. The number of nitrogens with one attached hydrogen (secondary N) is 1. The van der Waals surface area contributed by atoms with Gasteiger partial charge in [0.15, 0.2) is 12.3 Å². The maximum atomic E-state index is 14.8. The Morgan fingerprint density at radius 2 is 2.32 bits per heavy atom. The van der Waals surface area contributed by atoms with Crippen molar-refractivity contribution in [2.75, 3.05) is 13.7 Å². The molecular formula is C13H17FN2O6. The van der Waals surface area contributed by atoms with Crippen molar-refractivity contribution in [3.63, 3.8) is 0 Å². The topological polar surface area (TPSA) is 89.5 Å². The lowest BCUT2D eigenvalue weighted by Crippen LogP contribution is -2.55. The van der Waals surface area contributed by atoms with Crippen LogP contribution in [0.1, 0.15) is 6.92 Å². The first kappa shape index (κ1) is 15.4. The second kappa shape index (κ2) is 5.00. The van der Waals surface area contributed by atoms with E-state index in [1.807, 2.05) is 0 Å². The molecule has 3 aliphatic heterocycles. The Morgan fingerprint density at radius 1 is 1.59 bits per heavy atom. The lowest BCUT2D eigenvalue weighted by atomic mass is 9.95. The van der Waals surface area contributed by atoms with Crippen molar-refractivity contribution < 1.29 is 33.2 Å². The quantitative estimate of drug-likeness (QED) is 0.771. The molecule has 9 heteroatoms. The fourth-order valence-electron chi connectivity index (χ4n) is 2.85. The minimum atomic E-state index is -2.52. The molecule has 0 aliphatic carbocycles. The molecule has 0 radical (unpaired) electrons. The first-order valence-electron chi connectivity index (χ1n) is 6.64. The lowest BCUT2D eigenvalue weighted by Gasteiger charge is -2.35. The molecule has 0 spiro atoms. The van der Waals surface area contributed by atoms with Crippen molar-refractivity contribution >= 4 is 6.03 Å². The first-order valence-corrected chi connectivity index (χ1v) is 6.64. The molecule has 5 atom stereocenters. The Balaban J connectivity index is 1.96. The van der Waals surface area contributed by atoms with E-state index in [1.165, 1.54) is 26.3 Å². The van der Waals surface area contributed by atoms with Crippen LogP contribution in [0.5, 0.6) is 0 Å². The molecule has 22 heavy (non-hydrogen) atoms. The number of halogens is 1. The van der Waals surface area contributed by atoms with Gasteiger partial charge in [0, 0.05) is 19.0 Å². The highest BCUT2D eigenvalue weighted by Crippen LogP contribution is 2.50. The van der Waals surface area contributed by atoms with E-state index in [0.29, 0.717) is 5.70 Å². The van der Waals surface area contributed by atoms with Gasteiger partial charge in [-0.25, -0.2) is 9.18 Å². The second-order valence-corrected chi connectivity index (χ2v) is 5.44. The number of allylic oxidation sites excluding steroid dienone is 1. The Labute approximate surface area is 126 Å². The number of aliphatic hydroxyl groups is 1. The maximum absolute atomic E-state index is 14.8. The van der Waals surface area contributed by atoms with Gasteiger partial charge in [0.25, 0.3) is 12.3 Å². The summed E-state index contributed by atoms with van der Waals surface area (Å²) in [4.78, 5) is 13.2. The summed E-state index contributed by atoms with van der Waals surface area (Å²) in [5, 5.41) is 11.8. The number of carbonyl (C=O) groups excluding carboxylic acids is 1. The van der Waals surface area contributed by atoms with Crippen LogP contribution in [-0.2, 0) is 18.9 Å². The summed E-state index contributed by atoms with van der Waals surface area (Å²) >= 11 is 0. The zero-order valence-corrected chi connectivity index (χ0v) is 12.1. The van der Waals surface area contributed by atoms with E-state index < -0.39 is 42.9 Å². The third kappa shape index (κ3) is 2.05. The number of hydrogen-bond acceptors (Lipinski definition) is 6. The molecule has 0 bridgehead atoms. The number of aliphatic hydroxyl groups excluding tert-OH is 1. The number of fused-ring (bicyclic) bond motifs is 1. The van der Waals surface area contributed by atoms with E-state index in [4.69, 9.17) is 18.9 Å². The summed E-state index contributed by atoms with van der Waals surface area (Å²) in [7, 11) is 1.33. The summed E-state index contributed by atoms with van der Waals surface area (Å²) in [6.45, 7) is 3.07. The van der Waals surface area contributed by atoms with Crippen LogP contribution in [0.3, 0.4) is 0 Å². The first-order chi connectivity index (χ1) is 10.3. The van der Waals surface area contributed by atoms with Crippen molar-refractivity contribution in [3.05, 3.63) is 24.6 Å². The van der Waals surface area contributed by atoms with Gasteiger partial charge in [-0.3, -0.25) is 4.90 Å². The highest BCUT2D eigenvalue weighted by atomic mass is 19.2. The predicted molar refractivity (Wildman–Crippen MR) is 69.6 cm³/mol. The minimum absolute atomic E-state index is 0.396. The fourth-order valence-corrected chi connectivity index (χ4v) is 2.85. The summed E-state index contributed by atoms with van der Waals surface area (Å²) in [6, 6.07) is -0.552. The summed E-state index contributed by atoms with van der Waals surface area (Å²) < 4.78 is 35.9. The van der Waals surface area contributed by atoms with Crippen LogP contribution < -0.4 is 5.32 Å². The molecule has 0 saturated carbocycles. The van der Waals surface area contributed by atoms with Gasteiger partial charge >= 0.3 is 6.03 Å². The monoisotopic (exact) mass is 316 g/mol. The van der Waals surface area contributed by atoms with Crippen molar-refractivity contribution in [2.24, 2.45) is 0 Å². The average molecular weight is 316 g/mol. The number of methoxy groups -OCH3 is 1. The van der Waals surface area contributed by atoms with Crippen LogP contribution in [0, 0.1) is 0 Å². The summed E-state index contributed by atoms with van der Waals surface area (Å²) in [5.74, 6) is -2.52. The molecule has 8 nitrogen and oxygen atoms in total. The molecule has 2 fully saturated rings. The number of hydrogen-bond donors (Lipinski definition) is 2. The minimum Gasteiger partial charge on any atom is -0.390 e. The second-order valence-electron chi connectivity index (χ2n) is 5.44. The zero-order chi connectivity index (χ0) is 16.1. The van der Waals surface area contributed by atoms with Crippen molar-refractivity contribution in [1.29, 1.82) is 0 Å². The molecule has 0 aromatic rings. The van der Waals surface area contributed by atoms with E-state index in [2.05, 4.69) is 11.9 Å². The Bertz CT molecular complexity index is 543. The van der Waals surface area contributed by atoms with Gasteiger partial charge < -0.3 is 29.4 Å². The van der Waals surface area contributed by atoms with Crippen LogP contribution in [0.2, 0.25) is 0 Å². The fraction of sp³-hybridized carbons (Fsp3) is 0.615. The third-order valence-electron chi connectivity index (χ3n) is 3.91. The number of amides is 2. The smallest absolute Gasteiger partial charge is 0.328 e. The van der Waals surface area contributed by atoms with Crippen LogP contribution in [0.4, 0.5) is 9.18 Å². The standard InChI is InChI=1S/C13H17FN2O6/c1-7-4-5-16(10(18)15-7)9-12(2)8(13(14,6-17)21-9)20-11(19-3)22-12/h4-5,8-9,11,17H,1,6H2,2-3H3,(H,15,18)/t8-,9+,11?,12+,13+/m0/s1. The number of rotatable bonds is 3. The van der Waals surface area contributed by atoms with E-state index in [9.17, 15) is 14.3 Å². The van der Waals surface area contributed by atoms with Gasteiger partial charge in [0.1, 0.15) is 12.2 Å². The van der Waals surface area contributed by atoms with Crippen molar-refractivity contribution in [3.8, 4) is 0 Å². The van der Waals surface area contributed by atoms with E-state index in [0.717, 1.165) is 4.90 Å². The summed E-state index contributed by atoms with van der Waals surface area (Å²) in [6.07, 6.45) is 0.524. The Morgan fingerprint density at radius 3 is 2.91 bits per heavy atom. The van der Waals surface area contributed by atoms with Crippen LogP contribution in [-0.4, -0.2) is 60.0 Å². The molecule has 2 N–H and O–H groups in total. The molecule has 0 aromatic carbocycles. The van der Waals surface area contributed by atoms with Gasteiger partial charge in [-0.2, -0.15) is 0 Å². The molecule has 122 valence electrons. The van der Waals surface area contributed by atoms with Gasteiger partial charge in [-0.05, 0) is 13.0 Å². The highest BCUT2D eigenvalue weighted by molar-refractivity contribution is 5.79. The zero-order valence-electron chi connectivity index (χ0n) is 12.1. The molecule has 2 amide bonds. The molecule has 3 aliphatic rings. The van der Waals surface area contributed by atoms with Crippen LogP contribution >= 0.6 is 0 Å². The number of urea groups is 1. The Kier molecular flexibility index (Phi) is 3.49. The summed E-state index contributed by atoms with van der Waals surface area (Å²) in [5.41, 5.74) is -0.966. The third-order valence-corrected chi connectivity index (χ3v) is 3.91. The number of alkyl halides is 1. The van der Waals surface area contributed by atoms with E-state index >= 15 is 0 Å². The lowest BCUT2D eigenvalue weighted by molar-refractivity contribution is -0.300.